The van der Waals surface area contributed by atoms with Crippen LogP contribution in [0.5, 0.6) is 0 Å². The average Bonchev–Trinajstić information content (AvgIpc) is 3.21. The molecule has 0 saturated carbocycles. The van der Waals surface area contributed by atoms with Gasteiger partial charge in [-0.05, 0) is 54.5 Å². The molecule has 0 bridgehead atoms. The summed E-state index contributed by atoms with van der Waals surface area (Å²) in [6, 6.07) is 27.8. The van der Waals surface area contributed by atoms with E-state index in [0.717, 1.165) is 23.4 Å². The third-order valence-electron chi connectivity index (χ3n) is 4.95. The molecule has 1 N–H and O–H groups in total. The van der Waals surface area contributed by atoms with Gasteiger partial charge in [-0.15, -0.1) is 0 Å². The van der Waals surface area contributed by atoms with Crippen molar-refractivity contribution in [2.75, 3.05) is 5.32 Å². The minimum atomic E-state index is 0.0305. The quantitative estimate of drug-likeness (QED) is 0.469. The van der Waals surface area contributed by atoms with Crippen molar-refractivity contribution in [2.24, 2.45) is 5.10 Å². The highest BCUT2D eigenvalue weighted by atomic mass is 32.1. The van der Waals surface area contributed by atoms with Gasteiger partial charge in [0.25, 0.3) is 0 Å². The fourth-order valence-electron chi connectivity index (χ4n) is 3.41. The van der Waals surface area contributed by atoms with Crippen LogP contribution < -0.4 is 5.32 Å². The Morgan fingerprint density at radius 1 is 0.966 bits per heavy atom. The molecule has 3 aromatic rings. The lowest BCUT2D eigenvalue weighted by molar-refractivity contribution is 0.101. The second-order valence-electron chi connectivity index (χ2n) is 6.95. The lowest BCUT2D eigenvalue weighted by Gasteiger charge is -2.25. The van der Waals surface area contributed by atoms with Gasteiger partial charge in [0.05, 0.1) is 11.8 Å². The number of thiocarbonyl (C=S) groups is 1. The van der Waals surface area contributed by atoms with E-state index in [4.69, 9.17) is 17.3 Å². The molecule has 0 amide bonds. The number of rotatable bonds is 4. The molecule has 4 nitrogen and oxygen atoms in total. The molecule has 1 heterocycles. The minimum Gasteiger partial charge on any atom is -0.331 e. The Balaban J connectivity index is 1.60. The standard InChI is InChI=1S/C24H21N3OS/c1-17(28)18-12-14-21(15-13-18)25-24(29)27-23(20-10-6-3-7-11-20)16-22(26-27)19-8-4-2-5-9-19/h2-15,23H,16H2,1H3,(H,25,29). The number of hydrogen-bond donors (Lipinski definition) is 1. The monoisotopic (exact) mass is 399 g/mol. The summed E-state index contributed by atoms with van der Waals surface area (Å²) < 4.78 is 0. The first kappa shape index (κ1) is 19.0. The summed E-state index contributed by atoms with van der Waals surface area (Å²) in [6.45, 7) is 1.56. The van der Waals surface area contributed by atoms with Crippen molar-refractivity contribution in [3.05, 3.63) is 102 Å². The van der Waals surface area contributed by atoms with Crippen molar-refractivity contribution in [1.82, 2.24) is 5.01 Å². The van der Waals surface area contributed by atoms with Gasteiger partial charge in [0.2, 0.25) is 0 Å². The summed E-state index contributed by atoms with van der Waals surface area (Å²) in [4.78, 5) is 11.5. The molecular weight excluding hydrogens is 378 g/mol. The van der Waals surface area contributed by atoms with Crippen LogP contribution in [0.4, 0.5) is 5.69 Å². The topological polar surface area (TPSA) is 44.7 Å². The summed E-state index contributed by atoms with van der Waals surface area (Å²) in [5.74, 6) is 0.0416. The van der Waals surface area contributed by atoms with Crippen molar-refractivity contribution in [3.63, 3.8) is 0 Å². The molecule has 0 aliphatic carbocycles. The molecule has 5 heteroatoms. The van der Waals surface area contributed by atoms with Crippen molar-refractivity contribution < 1.29 is 4.79 Å². The number of hydrogen-bond acceptors (Lipinski definition) is 3. The normalized spacial score (nSPS) is 15.7. The third kappa shape index (κ3) is 4.25. The number of carbonyl (C=O) groups excluding carboxylic acids is 1. The van der Waals surface area contributed by atoms with Crippen LogP contribution >= 0.6 is 12.2 Å². The highest BCUT2D eigenvalue weighted by Crippen LogP contribution is 2.33. The van der Waals surface area contributed by atoms with E-state index < -0.39 is 0 Å². The SMILES string of the molecule is CC(=O)c1ccc(NC(=S)N2N=C(c3ccccc3)CC2c2ccccc2)cc1. The van der Waals surface area contributed by atoms with Crippen LogP contribution in [-0.4, -0.2) is 21.6 Å². The largest absolute Gasteiger partial charge is 0.331 e. The molecule has 0 fully saturated rings. The molecule has 144 valence electrons. The Labute approximate surface area is 175 Å². The number of Topliss-reactive ketones (excluding diaryl/α,β-unsaturated/α-hetero) is 1. The van der Waals surface area contributed by atoms with E-state index >= 15 is 0 Å². The van der Waals surface area contributed by atoms with Gasteiger partial charge in [0, 0.05) is 17.7 Å². The number of nitrogens with one attached hydrogen (secondary N) is 1. The van der Waals surface area contributed by atoms with Crippen LogP contribution in [0, 0.1) is 0 Å². The van der Waals surface area contributed by atoms with Crippen LogP contribution in [0.1, 0.15) is 40.9 Å². The molecule has 29 heavy (non-hydrogen) atoms. The van der Waals surface area contributed by atoms with E-state index in [2.05, 4.69) is 29.6 Å². The van der Waals surface area contributed by atoms with Crippen molar-refractivity contribution in [3.8, 4) is 0 Å². The molecule has 0 aromatic heterocycles. The zero-order chi connectivity index (χ0) is 20.2. The Bertz CT molecular complexity index is 1050. The van der Waals surface area contributed by atoms with Gasteiger partial charge in [0.15, 0.2) is 10.9 Å². The second-order valence-corrected chi connectivity index (χ2v) is 7.34. The highest BCUT2D eigenvalue weighted by molar-refractivity contribution is 7.80. The maximum atomic E-state index is 11.5. The van der Waals surface area contributed by atoms with Crippen LogP contribution in [0.25, 0.3) is 0 Å². The van der Waals surface area contributed by atoms with E-state index in [1.807, 2.05) is 53.5 Å². The van der Waals surface area contributed by atoms with Gasteiger partial charge in [0.1, 0.15) is 0 Å². The molecule has 0 spiro atoms. The summed E-state index contributed by atoms with van der Waals surface area (Å²) in [5, 5.41) is 10.5. The molecule has 1 aliphatic rings. The smallest absolute Gasteiger partial charge is 0.194 e. The fraction of sp³-hybridized carbons (Fsp3) is 0.125. The predicted octanol–water partition coefficient (Wildman–Crippen LogP) is 5.44. The zero-order valence-electron chi connectivity index (χ0n) is 16.1. The molecule has 4 rings (SSSR count). The number of carbonyl (C=O) groups is 1. The fourth-order valence-corrected chi connectivity index (χ4v) is 3.69. The van der Waals surface area contributed by atoms with Gasteiger partial charge in [-0.2, -0.15) is 5.10 Å². The van der Waals surface area contributed by atoms with Crippen LogP contribution in [0.3, 0.4) is 0 Å². The van der Waals surface area contributed by atoms with Gasteiger partial charge >= 0.3 is 0 Å². The van der Waals surface area contributed by atoms with E-state index in [-0.39, 0.29) is 11.8 Å². The molecular formula is C24H21N3OS. The Kier molecular flexibility index (Phi) is 5.49. The molecule has 0 radical (unpaired) electrons. The van der Waals surface area contributed by atoms with E-state index in [0.29, 0.717) is 10.7 Å². The van der Waals surface area contributed by atoms with Crippen molar-refractivity contribution in [2.45, 2.75) is 19.4 Å². The first-order valence-corrected chi connectivity index (χ1v) is 9.92. The Hall–Kier alpha value is -3.31. The van der Waals surface area contributed by atoms with Crippen LogP contribution in [-0.2, 0) is 0 Å². The molecule has 1 aliphatic heterocycles. The first-order chi connectivity index (χ1) is 14.1. The van der Waals surface area contributed by atoms with Crippen molar-refractivity contribution >= 4 is 34.5 Å². The Morgan fingerprint density at radius 3 is 2.21 bits per heavy atom. The van der Waals surface area contributed by atoms with E-state index in [1.165, 1.54) is 5.56 Å². The summed E-state index contributed by atoms with van der Waals surface area (Å²) in [7, 11) is 0. The molecule has 3 aromatic carbocycles. The Morgan fingerprint density at radius 2 is 1.59 bits per heavy atom. The lowest BCUT2D eigenvalue weighted by Crippen LogP contribution is -2.31. The van der Waals surface area contributed by atoms with Gasteiger partial charge in [-0.25, -0.2) is 5.01 Å². The minimum absolute atomic E-state index is 0.0305. The van der Waals surface area contributed by atoms with Gasteiger partial charge < -0.3 is 5.32 Å². The number of hydrazone groups is 1. The number of nitrogens with zero attached hydrogens (tertiary/aromatic N) is 2. The number of anilines is 1. The number of benzene rings is 3. The van der Waals surface area contributed by atoms with Crippen molar-refractivity contribution in [1.29, 1.82) is 0 Å². The van der Waals surface area contributed by atoms with Crippen LogP contribution in [0.15, 0.2) is 90.0 Å². The predicted molar refractivity (Wildman–Crippen MR) is 121 cm³/mol. The van der Waals surface area contributed by atoms with Crippen LogP contribution in [0.2, 0.25) is 0 Å². The van der Waals surface area contributed by atoms with Gasteiger partial charge in [-0.1, -0.05) is 60.7 Å². The molecule has 1 unspecified atom stereocenters. The second kappa shape index (κ2) is 8.37. The maximum absolute atomic E-state index is 11.5. The average molecular weight is 400 g/mol. The first-order valence-electron chi connectivity index (χ1n) is 9.51. The van der Waals surface area contributed by atoms with E-state index in [9.17, 15) is 4.79 Å². The highest BCUT2D eigenvalue weighted by Gasteiger charge is 2.31. The maximum Gasteiger partial charge on any atom is 0.194 e. The summed E-state index contributed by atoms with van der Waals surface area (Å²) >= 11 is 5.70. The molecule has 1 atom stereocenters. The third-order valence-corrected chi connectivity index (χ3v) is 5.24. The zero-order valence-corrected chi connectivity index (χ0v) is 16.9. The summed E-state index contributed by atoms with van der Waals surface area (Å²) in [5.41, 5.74) is 4.78. The number of ketones is 1. The van der Waals surface area contributed by atoms with Gasteiger partial charge in [-0.3, -0.25) is 4.79 Å². The van der Waals surface area contributed by atoms with E-state index in [1.54, 1.807) is 19.1 Å². The summed E-state index contributed by atoms with van der Waals surface area (Å²) in [6.07, 6.45) is 0.777. The lowest BCUT2D eigenvalue weighted by atomic mass is 9.99. The molecule has 0 saturated heterocycles.